The van der Waals surface area contributed by atoms with Crippen molar-refractivity contribution in [3.63, 3.8) is 0 Å². The van der Waals surface area contributed by atoms with Crippen LogP contribution in [-0.4, -0.2) is 29.4 Å². The van der Waals surface area contributed by atoms with Crippen LogP contribution in [-0.2, 0) is 11.2 Å². The SMILES string of the molecule is Cc1nc2c(s1)C(N(C)C(=O)CCCCCCN)CCC2.Cl.Cl. The van der Waals surface area contributed by atoms with Crippen LogP contribution in [0.5, 0.6) is 0 Å². The van der Waals surface area contributed by atoms with E-state index in [0.717, 1.165) is 56.5 Å². The number of halogens is 2. The number of rotatable bonds is 7. The van der Waals surface area contributed by atoms with Crippen molar-refractivity contribution in [2.75, 3.05) is 13.6 Å². The maximum absolute atomic E-state index is 12.4. The molecule has 0 aliphatic heterocycles. The second kappa shape index (κ2) is 11.2. The van der Waals surface area contributed by atoms with Crippen LogP contribution in [0.1, 0.15) is 66.6 Å². The molecule has 1 aromatic rings. The highest BCUT2D eigenvalue weighted by Gasteiger charge is 2.29. The Morgan fingerprint density at radius 1 is 1.30 bits per heavy atom. The Labute approximate surface area is 156 Å². The second-order valence-corrected chi connectivity index (χ2v) is 7.14. The lowest BCUT2D eigenvalue weighted by atomic mass is 9.96. The Morgan fingerprint density at radius 2 is 2.00 bits per heavy atom. The summed E-state index contributed by atoms with van der Waals surface area (Å²) in [5.74, 6) is 0.270. The number of carbonyl (C=O) groups excluding carboxylic acids is 1. The number of fused-ring (bicyclic) bond motifs is 1. The average molecular weight is 382 g/mol. The van der Waals surface area contributed by atoms with Gasteiger partial charge in [-0.15, -0.1) is 36.2 Å². The Balaban J connectivity index is 0.00000242. The molecule has 0 spiro atoms. The molecule has 4 nitrogen and oxygen atoms in total. The molecule has 1 amide bonds. The number of unbranched alkanes of at least 4 members (excludes halogenated alkanes) is 3. The number of carbonyl (C=O) groups is 1. The lowest BCUT2D eigenvalue weighted by molar-refractivity contribution is -0.132. The molecule has 1 atom stereocenters. The fraction of sp³-hybridized carbons (Fsp3) is 0.750. The normalized spacial score (nSPS) is 16.0. The Kier molecular flexibility index (Phi) is 11.1. The number of hydrogen-bond acceptors (Lipinski definition) is 4. The zero-order valence-electron chi connectivity index (χ0n) is 14.0. The first-order valence-electron chi connectivity index (χ1n) is 8.05. The summed E-state index contributed by atoms with van der Waals surface area (Å²) in [5.41, 5.74) is 6.70. The standard InChI is InChI=1S/C16H27N3OS.2ClH/c1-12-18-13-8-7-9-14(16(13)21-12)19(2)15(20)10-5-3-4-6-11-17;;/h14H,3-11,17H2,1-2H3;2*1H. The zero-order valence-corrected chi connectivity index (χ0v) is 16.5. The van der Waals surface area contributed by atoms with Gasteiger partial charge < -0.3 is 10.6 Å². The van der Waals surface area contributed by atoms with Crippen LogP contribution < -0.4 is 5.73 Å². The number of thiazole rings is 1. The third kappa shape index (κ3) is 6.22. The van der Waals surface area contributed by atoms with Gasteiger partial charge in [-0.3, -0.25) is 4.79 Å². The first kappa shape index (κ1) is 22.6. The van der Waals surface area contributed by atoms with Crippen LogP contribution in [0, 0.1) is 6.92 Å². The van der Waals surface area contributed by atoms with E-state index < -0.39 is 0 Å². The highest BCUT2D eigenvalue weighted by molar-refractivity contribution is 7.11. The molecule has 0 saturated carbocycles. The summed E-state index contributed by atoms with van der Waals surface area (Å²) in [4.78, 5) is 20.3. The monoisotopic (exact) mass is 381 g/mol. The van der Waals surface area contributed by atoms with Gasteiger partial charge in [0.2, 0.25) is 5.91 Å². The lowest BCUT2D eigenvalue weighted by Gasteiger charge is -2.30. The van der Waals surface area contributed by atoms with Crippen molar-refractivity contribution in [3.05, 3.63) is 15.6 Å². The summed E-state index contributed by atoms with van der Waals surface area (Å²) in [5, 5.41) is 1.12. The molecule has 1 aliphatic carbocycles. The van der Waals surface area contributed by atoms with Gasteiger partial charge in [0, 0.05) is 13.5 Å². The zero-order chi connectivity index (χ0) is 15.2. The van der Waals surface area contributed by atoms with E-state index in [2.05, 4.69) is 11.9 Å². The van der Waals surface area contributed by atoms with Crippen molar-refractivity contribution in [2.24, 2.45) is 5.73 Å². The molecule has 0 bridgehead atoms. The van der Waals surface area contributed by atoms with Gasteiger partial charge in [-0.25, -0.2) is 4.98 Å². The summed E-state index contributed by atoms with van der Waals surface area (Å²) in [6.45, 7) is 2.81. The Bertz CT molecular complexity index is 482. The predicted molar refractivity (Wildman–Crippen MR) is 102 cm³/mol. The molecule has 0 fully saturated rings. The quantitative estimate of drug-likeness (QED) is 0.724. The molecule has 2 rings (SSSR count). The van der Waals surface area contributed by atoms with E-state index in [9.17, 15) is 4.79 Å². The van der Waals surface area contributed by atoms with Crippen LogP contribution in [0.3, 0.4) is 0 Å². The van der Waals surface area contributed by atoms with Gasteiger partial charge in [-0.1, -0.05) is 12.8 Å². The minimum absolute atomic E-state index is 0. The molecular weight excluding hydrogens is 353 g/mol. The molecule has 1 aliphatic rings. The summed E-state index contributed by atoms with van der Waals surface area (Å²) in [6.07, 6.45) is 8.21. The van der Waals surface area contributed by atoms with Crippen molar-refractivity contribution < 1.29 is 4.79 Å². The summed E-state index contributed by atoms with van der Waals surface area (Å²) in [7, 11) is 1.96. The first-order valence-corrected chi connectivity index (χ1v) is 8.87. The molecule has 1 unspecified atom stereocenters. The van der Waals surface area contributed by atoms with Crippen molar-refractivity contribution >= 4 is 42.1 Å². The maximum atomic E-state index is 12.4. The van der Waals surface area contributed by atoms with E-state index in [1.54, 1.807) is 11.3 Å². The van der Waals surface area contributed by atoms with Gasteiger partial charge in [0.25, 0.3) is 0 Å². The van der Waals surface area contributed by atoms with Gasteiger partial charge in [0.15, 0.2) is 0 Å². The predicted octanol–water partition coefficient (Wildman–Crippen LogP) is 4.04. The van der Waals surface area contributed by atoms with Crippen LogP contribution in [0.15, 0.2) is 0 Å². The van der Waals surface area contributed by atoms with Gasteiger partial charge in [-0.05, 0) is 45.6 Å². The van der Waals surface area contributed by atoms with Crippen LogP contribution >= 0.6 is 36.2 Å². The van der Waals surface area contributed by atoms with Crippen molar-refractivity contribution in [1.29, 1.82) is 0 Å². The smallest absolute Gasteiger partial charge is 0.222 e. The van der Waals surface area contributed by atoms with Crippen molar-refractivity contribution in [3.8, 4) is 0 Å². The number of nitrogens with zero attached hydrogens (tertiary/aromatic N) is 2. The van der Waals surface area contributed by atoms with Crippen molar-refractivity contribution in [1.82, 2.24) is 9.88 Å². The van der Waals surface area contributed by atoms with Crippen molar-refractivity contribution in [2.45, 2.75) is 64.3 Å². The molecule has 23 heavy (non-hydrogen) atoms. The number of aromatic nitrogens is 1. The average Bonchev–Trinajstić information content (AvgIpc) is 2.86. The molecule has 1 aromatic heterocycles. The number of hydrogen-bond donors (Lipinski definition) is 1. The highest BCUT2D eigenvalue weighted by atomic mass is 35.5. The minimum atomic E-state index is 0. The summed E-state index contributed by atoms with van der Waals surface area (Å²) >= 11 is 1.76. The second-order valence-electron chi connectivity index (χ2n) is 5.91. The number of aryl methyl sites for hydroxylation is 2. The Morgan fingerprint density at radius 3 is 2.70 bits per heavy atom. The highest BCUT2D eigenvalue weighted by Crippen LogP contribution is 2.37. The number of amides is 1. The van der Waals surface area contributed by atoms with Gasteiger partial charge in [0.1, 0.15) is 0 Å². The molecule has 1 heterocycles. The fourth-order valence-corrected chi connectivity index (χ4v) is 4.16. The fourth-order valence-electron chi connectivity index (χ4n) is 3.01. The molecule has 134 valence electrons. The minimum Gasteiger partial charge on any atom is -0.338 e. The van der Waals surface area contributed by atoms with E-state index in [4.69, 9.17) is 5.73 Å². The lowest BCUT2D eigenvalue weighted by Crippen LogP contribution is -2.32. The number of nitrogens with two attached hydrogens (primary N) is 1. The van der Waals surface area contributed by atoms with Gasteiger partial charge >= 0.3 is 0 Å². The molecule has 0 saturated heterocycles. The first-order chi connectivity index (χ1) is 10.1. The van der Waals surface area contributed by atoms with Gasteiger partial charge in [-0.2, -0.15) is 0 Å². The Hall–Kier alpha value is -0.360. The van der Waals surface area contributed by atoms with E-state index in [0.29, 0.717) is 6.42 Å². The maximum Gasteiger partial charge on any atom is 0.222 e. The summed E-state index contributed by atoms with van der Waals surface area (Å²) < 4.78 is 0. The summed E-state index contributed by atoms with van der Waals surface area (Å²) in [6, 6.07) is 0.247. The van der Waals surface area contributed by atoms with E-state index >= 15 is 0 Å². The van der Waals surface area contributed by atoms with E-state index in [-0.39, 0.29) is 36.8 Å². The third-order valence-corrected chi connectivity index (χ3v) is 5.35. The van der Waals surface area contributed by atoms with Crippen LogP contribution in [0.25, 0.3) is 0 Å². The topological polar surface area (TPSA) is 59.2 Å². The molecule has 2 N–H and O–H groups in total. The molecular formula is C16H29Cl2N3OS. The molecule has 7 heteroatoms. The van der Waals surface area contributed by atoms with Gasteiger partial charge in [0.05, 0.1) is 21.6 Å². The third-order valence-electron chi connectivity index (χ3n) is 4.23. The largest absolute Gasteiger partial charge is 0.338 e. The molecule has 0 radical (unpaired) electrons. The molecule has 0 aromatic carbocycles. The van der Waals surface area contributed by atoms with Crippen LogP contribution in [0.2, 0.25) is 0 Å². The van der Waals surface area contributed by atoms with E-state index in [1.165, 1.54) is 10.6 Å². The van der Waals surface area contributed by atoms with Crippen LogP contribution in [0.4, 0.5) is 0 Å². The van der Waals surface area contributed by atoms with E-state index in [1.807, 2.05) is 11.9 Å².